The zero-order valence-electron chi connectivity index (χ0n) is 8.61. The van der Waals surface area contributed by atoms with Crippen molar-refractivity contribution >= 4 is 5.91 Å². The summed E-state index contributed by atoms with van der Waals surface area (Å²) in [7, 11) is 0. The highest BCUT2D eigenvalue weighted by Gasteiger charge is 2.14. The third-order valence-corrected chi connectivity index (χ3v) is 2.19. The second kappa shape index (κ2) is 4.32. The highest BCUT2D eigenvalue weighted by atomic mass is 19.1. The van der Waals surface area contributed by atoms with Crippen LogP contribution >= 0.6 is 0 Å². The van der Waals surface area contributed by atoms with Crippen LogP contribution in [0.25, 0.3) is 0 Å². The first-order valence-electron chi connectivity index (χ1n) is 4.74. The summed E-state index contributed by atoms with van der Waals surface area (Å²) in [5.74, 6) is -2.11. The molecule has 1 amide bonds. The Morgan fingerprint density at radius 2 is 1.94 bits per heavy atom. The van der Waals surface area contributed by atoms with Crippen LogP contribution < -0.4 is 5.73 Å². The van der Waals surface area contributed by atoms with Gasteiger partial charge in [0.25, 0.3) is 5.91 Å². The Labute approximate surface area is 95.0 Å². The van der Waals surface area contributed by atoms with Gasteiger partial charge in [-0.05, 0) is 17.7 Å². The molecule has 0 fully saturated rings. The van der Waals surface area contributed by atoms with Crippen molar-refractivity contribution in [1.29, 1.82) is 0 Å². The smallest absolute Gasteiger partial charge is 0.271 e. The number of carbonyl (C=O) groups is 1. The van der Waals surface area contributed by atoms with Crippen molar-refractivity contribution in [2.45, 2.75) is 6.42 Å². The van der Waals surface area contributed by atoms with E-state index in [-0.39, 0.29) is 12.1 Å². The van der Waals surface area contributed by atoms with Crippen molar-refractivity contribution in [3.8, 4) is 0 Å². The number of hydrogen-bond acceptors (Lipinski definition) is 3. The fourth-order valence-corrected chi connectivity index (χ4v) is 1.52. The molecule has 2 rings (SSSR count). The van der Waals surface area contributed by atoms with Crippen LogP contribution in [-0.2, 0) is 6.42 Å². The van der Waals surface area contributed by atoms with Crippen LogP contribution in [0.5, 0.6) is 0 Å². The van der Waals surface area contributed by atoms with Crippen molar-refractivity contribution in [2.24, 2.45) is 5.73 Å². The average molecular weight is 238 g/mol. The Morgan fingerprint density at radius 3 is 2.53 bits per heavy atom. The van der Waals surface area contributed by atoms with Crippen LogP contribution in [-0.4, -0.2) is 11.1 Å². The number of hydrogen-bond donors (Lipinski definition) is 1. The minimum absolute atomic E-state index is 0.0327. The van der Waals surface area contributed by atoms with E-state index in [4.69, 9.17) is 5.73 Å². The minimum atomic E-state index is -0.745. The number of amides is 1. The van der Waals surface area contributed by atoms with Crippen LogP contribution in [0.15, 0.2) is 29.0 Å². The molecule has 1 aromatic carbocycles. The summed E-state index contributed by atoms with van der Waals surface area (Å²) >= 11 is 0. The molecule has 0 radical (unpaired) electrons. The first kappa shape index (κ1) is 11.3. The molecule has 0 unspecified atom stereocenters. The van der Waals surface area contributed by atoms with E-state index in [0.29, 0.717) is 11.1 Å². The fraction of sp³-hybridized carbons (Fsp3) is 0.0909. The number of primary amides is 1. The van der Waals surface area contributed by atoms with Crippen LogP contribution in [0, 0.1) is 11.6 Å². The third kappa shape index (κ3) is 2.47. The van der Waals surface area contributed by atoms with Crippen molar-refractivity contribution in [2.75, 3.05) is 0 Å². The molecule has 0 atom stereocenters. The molecule has 0 saturated carbocycles. The number of nitrogens with two attached hydrogens (primary N) is 1. The van der Waals surface area contributed by atoms with Crippen molar-refractivity contribution in [3.05, 3.63) is 52.9 Å². The van der Waals surface area contributed by atoms with E-state index in [2.05, 4.69) is 9.68 Å². The van der Waals surface area contributed by atoms with Gasteiger partial charge >= 0.3 is 0 Å². The molecule has 0 saturated heterocycles. The minimum Gasteiger partial charge on any atom is -0.364 e. The molecule has 0 bridgehead atoms. The van der Waals surface area contributed by atoms with Crippen LogP contribution in [0.1, 0.15) is 21.6 Å². The molecule has 2 N–H and O–H groups in total. The summed E-state index contributed by atoms with van der Waals surface area (Å²) in [6.45, 7) is 0. The lowest BCUT2D eigenvalue weighted by atomic mass is 10.1. The van der Waals surface area contributed by atoms with E-state index in [1.165, 1.54) is 18.4 Å². The maximum Gasteiger partial charge on any atom is 0.271 e. The molecule has 0 aliphatic carbocycles. The van der Waals surface area contributed by atoms with Crippen molar-refractivity contribution in [3.63, 3.8) is 0 Å². The van der Waals surface area contributed by atoms with Gasteiger partial charge in [-0.15, -0.1) is 0 Å². The van der Waals surface area contributed by atoms with E-state index in [1.54, 1.807) is 0 Å². The van der Waals surface area contributed by atoms with Gasteiger partial charge in [-0.1, -0.05) is 5.16 Å². The molecule has 88 valence electrons. The highest BCUT2D eigenvalue weighted by Crippen LogP contribution is 2.15. The molecular weight excluding hydrogens is 230 g/mol. The number of halogens is 2. The van der Waals surface area contributed by atoms with Gasteiger partial charge in [0, 0.05) is 18.1 Å². The normalized spacial score (nSPS) is 10.5. The average Bonchev–Trinajstić information content (AvgIpc) is 2.63. The van der Waals surface area contributed by atoms with E-state index >= 15 is 0 Å². The molecule has 0 spiro atoms. The van der Waals surface area contributed by atoms with Crippen LogP contribution in [0.2, 0.25) is 0 Å². The topological polar surface area (TPSA) is 69.1 Å². The van der Waals surface area contributed by atoms with Gasteiger partial charge in [-0.3, -0.25) is 4.79 Å². The number of benzene rings is 1. The Morgan fingerprint density at radius 1 is 1.29 bits per heavy atom. The first-order chi connectivity index (χ1) is 8.06. The summed E-state index contributed by atoms with van der Waals surface area (Å²) in [5, 5.41) is 3.42. The van der Waals surface area contributed by atoms with Gasteiger partial charge in [0.1, 0.15) is 17.9 Å². The molecule has 17 heavy (non-hydrogen) atoms. The molecule has 1 heterocycles. The Bertz CT molecular complexity index is 546. The molecule has 4 nitrogen and oxygen atoms in total. The van der Waals surface area contributed by atoms with E-state index in [1.807, 2.05) is 0 Å². The van der Waals surface area contributed by atoms with Gasteiger partial charge in [-0.25, -0.2) is 8.78 Å². The maximum absolute atomic E-state index is 12.9. The number of aromatic nitrogens is 1. The largest absolute Gasteiger partial charge is 0.364 e. The third-order valence-electron chi connectivity index (χ3n) is 2.19. The zero-order valence-corrected chi connectivity index (χ0v) is 8.61. The van der Waals surface area contributed by atoms with Gasteiger partial charge in [-0.2, -0.15) is 0 Å². The molecule has 1 aromatic heterocycles. The second-order valence-electron chi connectivity index (χ2n) is 3.51. The highest BCUT2D eigenvalue weighted by molar-refractivity contribution is 5.92. The Hall–Kier alpha value is -2.24. The monoisotopic (exact) mass is 238 g/mol. The SMILES string of the molecule is NC(=O)c1nocc1Cc1cc(F)cc(F)c1. The quantitative estimate of drug-likeness (QED) is 0.883. The summed E-state index contributed by atoms with van der Waals surface area (Å²) < 4.78 is 30.5. The van der Waals surface area contributed by atoms with Crippen molar-refractivity contribution < 1.29 is 18.1 Å². The van der Waals surface area contributed by atoms with Gasteiger partial charge in [0.15, 0.2) is 5.69 Å². The summed E-state index contributed by atoms with van der Waals surface area (Å²) in [4.78, 5) is 11.0. The summed E-state index contributed by atoms with van der Waals surface area (Å²) in [5.41, 5.74) is 5.79. The number of nitrogens with zero attached hydrogens (tertiary/aromatic N) is 1. The standard InChI is InChI=1S/C11H8F2N2O2/c12-8-2-6(3-9(13)4-8)1-7-5-17-15-10(7)11(14)16/h2-5H,1H2,(H2,14,16). The maximum atomic E-state index is 12.9. The molecule has 0 aliphatic rings. The lowest BCUT2D eigenvalue weighted by Crippen LogP contribution is -2.13. The lowest BCUT2D eigenvalue weighted by Gasteiger charge is -2.00. The van der Waals surface area contributed by atoms with E-state index in [9.17, 15) is 13.6 Å². The summed E-state index contributed by atoms with van der Waals surface area (Å²) in [6, 6.07) is 3.10. The molecular formula is C11H8F2N2O2. The lowest BCUT2D eigenvalue weighted by molar-refractivity contribution is 0.0991. The molecule has 2 aromatic rings. The predicted octanol–water partition coefficient (Wildman–Crippen LogP) is 1.64. The predicted molar refractivity (Wildman–Crippen MR) is 54.2 cm³/mol. The van der Waals surface area contributed by atoms with Gasteiger partial charge < -0.3 is 10.3 Å². The Balaban J connectivity index is 2.31. The van der Waals surface area contributed by atoms with E-state index in [0.717, 1.165) is 6.07 Å². The molecule has 6 heteroatoms. The van der Waals surface area contributed by atoms with Crippen molar-refractivity contribution in [1.82, 2.24) is 5.16 Å². The molecule has 0 aliphatic heterocycles. The zero-order chi connectivity index (χ0) is 12.4. The van der Waals surface area contributed by atoms with Crippen LogP contribution in [0.4, 0.5) is 8.78 Å². The van der Waals surface area contributed by atoms with Crippen LogP contribution in [0.3, 0.4) is 0 Å². The van der Waals surface area contributed by atoms with E-state index < -0.39 is 17.5 Å². The summed E-state index contributed by atoms with van der Waals surface area (Å²) in [6.07, 6.45) is 1.35. The number of rotatable bonds is 3. The fourth-order valence-electron chi connectivity index (χ4n) is 1.52. The Kier molecular flexibility index (Phi) is 2.86. The van der Waals surface area contributed by atoms with Gasteiger partial charge in [0.05, 0.1) is 0 Å². The number of carbonyl (C=O) groups excluding carboxylic acids is 1. The first-order valence-corrected chi connectivity index (χ1v) is 4.74. The second-order valence-corrected chi connectivity index (χ2v) is 3.51. The van der Waals surface area contributed by atoms with Gasteiger partial charge in [0.2, 0.25) is 0 Å².